The third-order valence-electron chi connectivity index (χ3n) is 3.01. The fourth-order valence-corrected chi connectivity index (χ4v) is 1.98. The molecule has 1 atom stereocenters. The standard InChI is InChI=1S/C16H15NO4/c18-16(8-7-12-4-3-9-19-12)17-10-13-11-20-14-5-1-2-6-15(14)21-13/h1-9,13H,10-11H2,(H,17,18)/b8-7-/t13-/m1/s1. The minimum absolute atomic E-state index is 0.194. The molecule has 2 heterocycles. The molecule has 0 bridgehead atoms. The molecule has 0 unspecified atom stereocenters. The van der Waals surface area contributed by atoms with E-state index in [9.17, 15) is 4.79 Å². The van der Waals surface area contributed by atoms with Gasteiger partial charge in [0.25, 0.3) is 0 Å². The first-order valence-electron chi connectivity index (χ1n) is 6.69. The molecular formula is C16H15NO4. The average Bonchev–Trinajstić information content (AvgIpc) is 3.04. The summed E-state index contributed by atoms with van der Waals surface area (Å²) in [5.74, 6) is 1.87. The van der Waals surface area contributed by atoms with E-state index in [4.69, 9.17) is 13.9 Å². The number of benzene rings is 1. The number of nitrogens with one attached hydrogen (secondary N) is 1. The van der Waals surface area contributed by atoms with Crippen LogP contribution in [-0.2, 0) is 4.79 Å². The van der Waals surface area contributed by atoms with Crippen LogP contribution in [0.3, 0.4) is 0 Å². The van der Waals surface area contributed by atoms with Gasteiger partial charge in [-0.2, -0.15) is 0 Å². The van der Waals surface area contributed by atoms with Gasteiger partial charge < -0.3 is 19.2 Å². The lowest BCUT2D eigenvalue weighted by molar-refractivity contribution is -0.116. The number of furan rings is 1. The van der Waals surface area contributed by atoms with E-state index in [1.54, 1.807) is 24.5 Å². The average molecular weight is 285 g/mol. The van der Waals surface area contributed by atoms with Gasteiger partial charge in [0.05, 0.1) is 12.8 Å². The molecule has 5 heteroatoms. The van der Waals surface area contributed by atoms with Crippen LogP contribution in [0.1, 0.15) is 5.76 Å². The molecule has 1 N–H and O–H groups in total. The number of carbonyl (C=O) groups is 1. The highest BCUT2D eigenvalue weighted by atomic mass is 16.6. The Labute approximate surface area is 122 Å². The molecule has 5 nitrogen and oxygen atoms in total. The molecule has 3 rings (SSSR count). The van der Waals surface area contributed by atoms with Gasteiger partial charge in [0.2, 0.25) is 5.91 Å². The summed E-state index contributed by atoms with van der Waals surface area (Å²) in [5.41, 5.74) is 0. The topological polar surface area (TPSA) is 60.7 Å². The predicted octanol–water partition coefficient (Wildman–Crippen LogP) is 2.25. The van der Waals surface area contributed by atoms with Crippen molar-refractivity contribution in [3.05, 3.63) is 54.5 Å². The highest BCUT2D eigenvalue weighted by Gasteiger charge is 2.20. The Bertz CT molecular complexity index is 633. The zero-order chi connectivity index (χ0) is 14.5. The molecule has 0 saturated heterocycles. The molecule has 1 aromatic carbocycles. The van der Waals surface area contributed by atoms with E-state index >= 15 is 0 Å². The maximum absolute atomic E-state index is 11.7. The van der Waals surface area contributed by atoms with Crippen molar-refractivity contribution in [3.8, 4) is 11.5 Å². The quantitative estimate of drug-likeness (QED) is 0.875. The summed E-state index contributed by atoms with van der Waals surface area (Å²) in [6.45, 7) is 0.800. The van der Waals surface area contributed by atoms with Crippen molar-refractivity contribution >= 4 is 12.0 Å². The van der Waals surface area contributed by atoms with Crippen LogP contribution < -0.4 is 14.8 Å². The van der Waals surface area contributed by atoms with Crippen LogP contribution in [0.25, 0.3) is 6.08 Å². The number of para-hydroxylation sites is 2. The van der Waals surface area contributed by atoms with Crippen LogP contribution in [0.5, 0.6) is 11.5 Å². The maximum atomic E-state index is 11.7. The monoisotopic (exact) mass is 285 g/mol. The third kappa shape index (κ3) is 3.45. The minimum atomic E-state index is -0.200. The van der Waals surface area contributed by atoms with Gasteiger partial charge >= 0.3 is 0 Å². The van der Waals surface area contributed by atoms with Crippen molar-refractivity contribution in [2.75, 3.05) is 13.2 Å². The van der Waals surface area contributed by atoms with E-state index < -0.39 is 0 Å². The van der Waals surface area contributed by atoms with Crippen molar-refractivity contribution in [3.63, 3.8) is 0 Å². The Morgan fingerprint density at radius 1 is 1.24 bits per heavy atom. The predicted molar refractivity (Wildman–Crippen MR) is 77.1 cm³/mol. The molecule has 2 aromatic rings. The van der Waals surface area contributed by atoms with Gasteiger partial charge in [0, 0.05) is 6.08 Å². The van der Waals surface area contributed by atoms with Gasteiger partial charge in [-0.25, -0.2) is 0 Å². The van der Waals surface area contributed by atoms with E-state index in [2.05, 4.69) is 5.32 Å². The first kappa shape index (κ1) is 13.3. The van der Waals surface area contributed by atoms with Crippen molar-refractivity contribution in [1.29, 1.82) is 0 Å². The molecule has 1 aliphatic rings. The SMILES string of the molecule is O=C(/C=C\c1ccco1)NC[C@@H]1COc2ccccc2O1. The fraction of sp³-hybridized carbons (Fsp3) is 0.188. The van der Waals surface area contributed by atoms with Gasteiger partial charge in [-0.3, -0.25) is 4.79 Å². The van der Waals surface area contributed by atoms with E-state index in [0.29, 0.717) is 24.7 Å². The van der Waals surface area contributed by atoms with Crippen LogP contribution >= 0.6 is 0 Å². The lowest BCUT2D eigenvalue weighted by atomic mass is 10.2. The molecule has 0 fully saturated rings. The number of hydrogen-bond acceptors (Lipinski definition) is 4. The second kappa shape index (κ2) is 6.17. The maximum Gasteiger partial charge on any atom is 0.244 e. The summed E-state index contributed by atoms with van der Waals surface area (Å²) in [4.78, 5) is 11.7. The molecular weight excluding hydrogens is 270 g/mol. The lowest BCUT2D eigenvalue weighted by Crippen LogP contribution is -2.40. The second-order valence-electron chi connectivity index (χ2n) is 4.59. The second-order valence-corrected chi connectivity index (χ2v) is 4.59. The van der Waals surface area contributed by atoms with Crippen molar-refractivity contribution in [2.45, 2.75) is 6.10 Å². The molecule has 0 aliphatic carbocycles. The number of carbonyl (C=O) groups excluding carboxylic acids is 1. The van der Waals surface area contributed by atoms with E-state index in [0.717, 1.165) is 5.75 Å². The smallest absolute Gasteiger partial charge is 0.244 e. The van der Waals surface area contributed by atoms with E-state index in [1.165, 1.54) is 6.08 Å². The van der Waals surface area contributed by atoms with Crippen molar-refractivity contribution in [1.82, 2.24) is 5.32 Å². The molecule has 108 valence electrons. The van der Waals surface area contributed by atoms with Crippen LogP contribution in [0.2, 0.25) is 0 Å². The fourth-order valence-electron chi connectivity index (χ4n) is 1.98. The number of hydrogen-bond donors (Lipinski definition) is 1. The minimum Gasteiger partial charge on any atom is -0.486 e. The number of rotatable bonds is 4. The zero-order valence-electron chi connectivity index (χ0n) is 11.3. The molecule has 1 aliphatic heterocycles. The molecule has 0 radical (unpaired) electrons. The largest absolute Gasteiger partial charge is 0.486 e. The van der Waals surface area contributed by atoms with E-state index in [1.807, 2.05) is 24.3 Å². The summed E-state index contributed by atoms with van der Waals surface area (Å²) in [7, 11) is 0. The van der Waals surface area contributed by atoms with Gasteiger partial charge in [0.15, 0.2) is 11.5 Å². The van der Waals surface area contributed by atoms with Gasteiger partial charge in [0.1, 0.15) is 18.5 Å². The normalized spacial score (nSPS) is 16.9. The van der Waals surface area contributed by atoms with Crippen LogP contribution in [0, 0.1) is 0 Å². The highest BCUT2D eigenvalue weighted by molar-refractivity contribution is 5.91. The Kier molecular flexibility index (Phi) is 3.91. The molecule has 0 spiro atoms. The van der Waals surface area contributed by atoms with E-state index in [-0.39, 0.29) is 12.0 Å². The van der Waals surface area contributed by atoms with Crippen molar-refractivity contribution in [2.24, 2.45) is 0 Å². The number of ether oxygens (including phenoxy) is 2. The molecule has 0 saturated carbocycles. The number of fused-ring (bicyclic) bond motifs is 1. The van der Waals surface area contributed by atoms with Crippen LogP contribution in [0.15, 0.2) is 53.2 Å². The first-order valence-corrected chi connectivity index (χ1v) is 6.69. The summed E-state index contributed by atoms with van der Waals surface area (Å²) >= 11 is 0. The van der Waals surface area contributed by atoms with Crippen molar-refractivity contribution < 1.29 is 18.7 Å². The molecule has 21 heavy (non-hydrogen) atoms. The number of amides is 1. The Morgan fingerprint density at radius 3 is 2.90 bits per heavy atom. The Hall–Kier alpha value is -2.69. The van der Waals surface area contributed by atoms with Crippen LogP contribution in [0.4, 0.5) is 0 Å². The van der Waals surface area contributed by atoms with Gasteiger partial charge in [-0.05, 0) is 30.3 Å². The summed E-state index contributed by atoms with van der Waals surface area (Å²) in [5, 5.41) is 2.77. The summed E-state index contributed by atoms with van der Waals surface area (Å²) in [6, 6.07) is 11.0. The van der Waals surface area contributed by atoms with Crippen LogP contribution in [-0.4, -0.2) is 25.2 Å². The molecule has 1 amide bonds. The Balaban J connectivity index is 1.49. The summed E-state index contributed by atoms with van der Waals surface area (Å²) in [6.07, 6.45) is 4.41. The first-order chi connectivity index (χ1) is 10.3. The van der Waals surface area contributed by atoms with Gasteiger partial charge in [-0.1, -0.05) is 12.1 Å². The third-order valence-corrected chi connectivity index (χ3v) is 3.01. The van der Waals surface area contributed by atoms with Gasteiger partial charge in [-0.15, -0.1) is 0 Å². The highest BCUT2D eigenvalue weighted by Crippen LogP contribution is 2.30. The lowest BCUT2D eigenvalue weighted by Gasteiger charge is -2.26. The molecule has 1 aromatic heterocycles. The summed E-state index contributed by atoms with van der Waals surface area (Å²) < 4.78 is 16.4. The zero-order valence-corrected chi connectivity index (χ0v) is 11.3. The Morgan fingerprint density at radius 2 is 2.10 bits per heavy atom.